The van der Waals surface area contributed by atoms with Crippen LogP contribution in [0.1, 0.15) is 25.3 Å². The summed E-state index contributed by atoms with van der Waals surface area (Å²) in [5.74, 6) is 0.983. The molecule has 3 heterocycles. The van der Waals surface area contributed by atoms with E-state index in [9.17, 15) is 9.59 Å². The van der Waals surface area contributed by atoms with Gasteiger partial charge in [0.2, 0.25) is 5.89 Å². The normalized spacial score (nSPS) is 18.4. The highest BCUT2D eigenvalue weighted by atomic mass is 32.1. The molecule has 1 N–H and O–H groups in total. The van der Waals surface area contributed by atoms with Gasteiger partial charge in [0, 0.05) is 10.9 Å². The van der Waals surface area contributed by atoms with Gasteiger partial charge in [-0.25, -0.2) is 9.78 Å². The molecule has 0 radical (unpaired) electrons. The summed E-state index contributed by atoms with van der Waals surface area (Å²) in [6.07, 6.45) is 0. The fourth-order valence-electron chi connectivity index (χ4n) is 2.38. The number of hydrogen-bond donors (Lipinski definition) is 1. The molecule has 2 aromatic heterocycles. The third kappa shape index (κ3) is 2.52. The van der Waals surface area contributed by atoms with Gasteiger partial charge in [-0.15, -0.1) is 0 Å². The van der Waals surface area contributed by atoms with Gasteiger partial charge in [-0.1, -0.05) is 13.8 Å². The lowest BCUT2D eigenvalue weighted by Crippen LogP contribution is -2.34. The van der Waals surface area contributed by atoms with Crippen LogP contribution in [0.4, 0.5) is 4.79 Å². The molecule has 1 aliphatic heterocycles. The SMILES string of the molecule is Cc1oc(-c2ccsc2)nc1CN1C(=O)NC(C(C)C)C1=O. The van der Waals surface area contributed by atoms with Gasteiger partial charge in [0.1, 0.15) is 17.5 Å². The van der Waals surface area contributed by atoms with E-state index in [4.69, 9.17) is 4.42 Å². The molecule has 3 amide bonds. The van der Waals surface area contributed by atoms with Crippen LogP contribution in [0.15, 0.2) is 21.2 Å². The Morgan fingerprint density at radius 2 is 2.23 bits per heavy atom. The zero-order chi connectivity index (χ0) is 15.9. The van der Waals surface area contributed by atoms with E-state index in [-0.39, 0.29) is 24.4 Å². The fraction of sp³-hybridized carbons (Fsp3) is 0.400. The van der Waals surface area contributed by atoms with Gasteiger partial charge in [-0.2, -0.15) is 11.3 Å². The van der Waals surface area contributed by atoms with Gasteiger partial charge in [0.25, 0.3) is 5.91 Å². The molecule has 116 valence electrons. The molecule has 1 aliphatic rings. The molecule has 3 rings (SSSR count). The van der Waals surface area contributed by atoms with Gasteiger partial charge in [0.05, 0.1) is 6.54 Å². The van der Waals surface area contributed by atoms with Gasteiger partial charge in [-0.05, 0) is 24.3 Å². The first-order valence-corrected chi connectivity index (χ1v) is 8.02. The van der Waals surface area contributed by atoms with E-state index in [1.807, 2.05) is 30.7 Å². The Balaban J connectivity index is 1.82. The molecule has 0 aliphatic carbocycles. The summed E-state index contributed by atoms with van der Waals surface area (Å²) in [4.78, 5) is 29.9. The Kier molecular flexibility index (Phi) is 3.74. The number of nitrogens with one attached hydrogen (secondary N) is 1. The Morgan fingerprint density at radius 1 is 1.45 bits per heavy atom. The van der Waals surface area contributed by atoms with Gasteiger partial charge in [0.15, 0.2) is 0 Å². The molecule has 22 heavy (non-hydrogen) atoms. The number of carbonyl (C=O) groups is 2. The number of aromatic nitrogens is 1. The Bertz CT molecular complexity index is 706. The second-order valence-electron chi connectivity index (χ2n) is 5.63. The molecule has 6 nitrogen and oxygen atoms in total. The lowest BCUT2D eigenvalue weighted by molar-refractivity contribution is -0.128. The molecule has 1 unspecified atom stereocenters. The molecule has 1 atom stereocenters. The average Bonchev–Trinajstić information content (AvgIpc) is 3.15. The minimum atomic E-state index is -0.462. The zero-order valence-corrected chi connectivity index (χ0v) is 13.4. The number of imide groups is 1. The van der Waals surface area contributed by atoms with E-state index in [2.05, 4.69) is 10.3 Å². The lowest BCUT2D eigenvalue weighted by atomic mass is 10.1. The minimum Gasteiger partial charge on any atom is -0.441 e. The van der Waals surface area contributed by atoms with Crippen molar-refractivity contribution in [1.29, 1.82) is 0 Å². The Labute approximate surface area is 132 Å². The molecule has 7 heteroatoms. The molecule has 1 fully saturated rings. The molecule has 1 saturated heterocycles. The summed E-state index contributed by atoms with van der Waals surface area (Å²) in [6.45, 7) is 5.73. The van der Waals surface area contributed by atoms with Crippen LogP contribution < -0.4 is 5.32 Å². The van der Waals surface area contributed by atoms with Crippen LogP contribution in [0.5, 0.6) is 0 Å². The van der Waals surface area contributed by atoms with Crippen molar-refractivity contribution in [3.8, 4) is 11.5 Å². The number of thiophene rings is 1. The minimum absolute atomic E-state index is 0.0567. The quantitative estimate of drug-likeness (QED) is 0.879. The van der Waals surface area contributed by atoms with E-state index < -0.39 is 6.04 Å². The number of hydrogen-bond acceptors (Lipinski definition) is 5. The number of oxazole rings is 1. The molecule has 0 spiro atoms. The Hall–Kier alpha value is -2.15. The monoisotopic (exact) mass is 319 g/mol. The fourth-order valence-corrected chi connectivity index (χ4v) is 3.01. The highest BCUT2D eigenvalue weighted by Crippen LogP contribution is 2.25. The summed E-state index contributed by atoms with van der Waals surface area (Å²) in [7, 11) is 0. The highest BCUT2D eigenvalue weighted by Gasteiger charge is 2.40. The summed E-state index contributed by atoms with van der Waals surface area (Å²) in [5, 5.41) is 6.59. The lowest BCUT2D eigenvalue weighted by Gasteiger charge is -2.13. The smallest absolute Gasteiger partial charge is 0.325 e. The maximum atomic E-state index is 12.3. The maximum absolute atomic E-state index is 12.3. The van der Waals surface area contributed by atoms with Crippen LogP contribution in [0.3, 0.4) is 0 Å². The zero-order valence-electron chi connectivity index (χ0n) is 12.6. The standard InChI is InChI=1S/C15H17N3O3S/c1-8(2)12-14(19)18(15(20)17-12)6-11-9(3)21-13(16-11)10-4-5-22-7-10/h4-5,7-8,12H,6H2,1-3H3,(H,17,20). The van der Waals surface area contributed by atoms with Crippen LogP contribution in [-0.2, 0) is 11.3 Å². The van der Waals surface area contributed by atoms with Crippen molar-refractivity contribution < 1.29 is 14.0 Å². The molecular weight excluding hydrogens is 302 g/mol. The molecule has 0 saturated carbocycles. The van der Waals surface area contributed by atoms with Crippen molar-refractivity contribution in [2.24, 2.45) is 5.92 Å². The molecule has 0 bridgehead atoms. The van der Waals surface area contributed by atoms with E-state index in [0.717, 1.165) is 5.56 Å². The number of amides is 3. The van der Waals surface area contributed by atoms with Crippen molar-refractivity contribution in [3.05, 3.63) is 28.3 Å². The van der Waals surface area contributed by atoms with Crippen LogP contribution in [0.25, 0.3) is 11.5 Å². The second kappa shape index (κ2) is 5.57. The number of rotatable bonds is 4. The van der Waals surface area contributed by atoms with E-state index in [1.54, 1.807) is 18.3 Å². The van der Waals surface area contributed by atoms with Crippen molar-refractivity contribution in [1.82, 2.24) is 15.2 Å². The second-order valence-corrected chi connectivity index (χ2v) is 6.41. The highest BCUT2D eigenvalue weighted by molar-refractivity contribution is 7.08. The van der Waals surface area contributed by atoms with Crippen LogP contribution in [0.2, 0.25) is 0 Å². The first kappa shape index (κ1) is 14.8. The number of urea groups is 1. The topological polar surface area (TPSA) is 75.4 Å². The predicted molar refractivity (Wildman–Crippen MR) is 82.3 cm³/mol. The Morgan fingerprint density at radius 3 is 2.82 bits per heavy atom. The molecular formula is C15H17N3O3S. The predicted octanol–water partition coefficient (Wildman–Crippen LogP) is 2.79. The number of aryl methyl sites for hydroxylation is 1. The third-order valence-electron chi connectivity index (χ3n) is 3.69. The molecule has 0 aromatic carbocycles. The van der Waals surface area contributed by atoms with Gasteiger partial charge >= 0.3 is 6.03 Å². The van der Waals surface area contributed by atoms with Crippen LogP contribution in [-0.4, -0.2) is 27.9 Å². The maximum Gasteiger partial charge on any atom is 0.325 e. The summed E-state index contributed by atoms with van der Waals surface area (Å²) >= 11 is 1.56. The van der Waals surface area contributed by atoms with Crippen molar-refractivity contribution in [3.63, 3.8) is 0 Å². The first-order chi connectivity index (χ1) is 10.5. The summed E-state index contributed by atoms with van der Waals surface area (Å²) in [6, 6.07) is 1.08. The van der Waals surface area contributed by atoms with Crippen molar-refractivity contribution >= 4 is 23.3 Å². The van der Waals surface area contributed by atoms with Crippen LogP contribution >= 0.6 is 11.3 Å². The average molecular weight is 319 g/mol. The summed E-state index contributed by atoms with van der Waals surface area (Å²) in [5.41, 5.74) is 1.51. The van der Waals surface area contributed by atoms with E-state index in [1.165, 1.54) is 4.90 Å². The summed E-state index contributed by atoms with van der Waals surface area (Å²) < 4.78 is 5.64. The van der Waals surface area contributed by atoms with Crippen LogP contribution in [0, 0.1) is 12.8 Å². The van der Waals surface area contributed by atoms with Gasteiger partial charge in [-0.3, -0.25) is 9.69 Å². The van der Waals surface area contributed by atoms with E-state index in [0.29, 0.717) is 17.3 Å². The van der Waals surface area contributed by atoms with Gasteiger partial charge < -0.3 is 9.73 Å². The third-order valence-corrected chi connectivity index (χ3v) is 4.37. The van der Waals surface area contributed by atoms with Crippen molar-refractivity contribution in [2.45, 2.75) is 33.4 Å². The number of nitrogens with zero attached hydrogens (tertiary/aromatic N) is 2. The number of carbonyl (C=O) groups excluding carboxylic acids is 2. The van der Waals surface area contributed by atoms with Crippen molar-refractivity contribution in [2.75, 3.05) is 0 Å². The largest absolute Gasteiger partial charge is 0.441 e. The van der Waals surface area contributed by atoms with E-state index >= 15 is 0 Å². The molecule has 2 aromatic rings. The first-order valence-electron chi connectivity index (χ1n) is 7.08.